The van der Waals surface area contributed by atoms with Gasteiger partial charge in [0.25, 0.3) is 5.56 Å². The van der Waals surface area contributed by atoms with E-state index in [-0.39, 0.29) is 24.5 Å². The number of hydrogen-bond donors (Lipinski definition) is 0. The average molecular weight is 378 g/mol. The molecule has 7 nitrogen and oxygen atoms in total. The summed E-state index contributed by atoms with van der Waals surface area (Å²) in [5.74, 6) is -0.537. The van der Waals surface area contributed by atoms with Gasteiger partial charge >= 0.3 is 5.97 Å². The van der Waals surface area contributed by atoms with Crippen molar-refractivity contribution in [2.24, 2.45) is 0 Å². The fraction of sp³-hybridized carbons (Fsp3) is 0.190. The first-order valence-electron chi connectivity index (χ1n) is 8.72. The lowest BCUT2D eigenvalue weighted by molar-refractivity contribution is 0.0427. The van der Waals surface area contributed by atoms with E-state index in [0.717, 1.165) is 10.9 Å². The van der Waals surface area contributed by atoms with Gasteiger partial charge < -0.3 is 13.9 Å². The standard InChI is InChI=1S/C21H18N2O5/c1-13-7-8-18-22-14(9-19(24)23(18)10-13)11-27-21(25)20-16(12-26-2)15-5-3-4-6-17(15)28-20/h3-10H,11-12H2,1-2H3. The number of carbonyl (C=O) groups is 1. The highest BCUT2D eigenvalue weighted by molar-refractivity contribution is 5.96. The van der Waals surface area contributed by atoms with Crippen molar-refractivity contribution in [1.82, 2.24) is 9.38 Å². The molecular formula is C21H18N2O5. The molecule has 0 aliphatic carbocycles. The maximum Gasteiger partial charge on any atom is 0.375 e. The summed E-state index contributed by atoms with van der Waals surface area (Å²) in [5.41, 5.74) is 2.79. The average Bonchev–Trinajstić information content (AvgIpc) is 3.06. The molecule has 7 heteroatoms. The summed E-state index contributed by atoms with van der Waals surface area (Å²) in [6, 6.07) is 12.3. The van der Waals surface area contributed by atoms with Gasteiger partial charge in [0.15, 0.2) is 0 Å². The molecule has 0 aliphatic rings. The van der Waals surface area contributed by atoms with Gasteiger partial charge in [-0.2, -0.15) is 0 Å². The van der Waals surface area contributed by atoms with Crippen molar-refractivity contribution in [1.29, 1.82) is 0 Å². The summed E-state index contributed by atoms with van der Waals surface area (Å²) >= 11 is 0. The van der Waals surface area contributed by atoms with Crippen molar-refractivity contribution in [3.63, 3.8) is 0 Å². The number of aryl methyl sites for hydroxylation is 1. The molecule has 0 saturated heterocycles. The molecule has 0 saturated carbocycles. The summed E-state index contributed by atoms with van der Waals surface area (Å²) in [5, 5.41) is 0.800. The number of rotatable bonds is 5. The van der Waals surface area contributed by atoms with E-state index in [2.05, 4.69) is 4.98 Å². The fourth-order valence-electron chi connectivity index (χ4n) is 3.09. The second kappa shape index (κ2) is 7.28. The Hall–Kier alpha value is -3.45. The van der Waals surface area contributed by atoms with Crippen molar-refractivity contribution >= 4 is 22.6 Å². The van der Waals surface area contributed by atoms with Crippen LogP contribution in [-0.4, -0.2) is 22.5 Å². The minimum absolute atomic E-state index is 0.0937. The number of pyridine rings is 1. The van der Waals surface area contributed by atoms with Gasteiger partial charge in [-0.25, -0.2) is 9.78 Å². The minimum Gasteiger partial charge on any atom is -0.453 e. The molecule has 0 radical (unpaired) electrons. The van der Waals surface area contributed by atoms with E-state index in [9.17, 15) is 9.59 Å². The largest absolute Gasteiger partial charge is 0.453 e. The maximum absolute atomic E-state index is 12.6. The minimum atomic E-state index is -0.630. The molecule has 0 amide bonds. The SMILES string of the molecule is COCc1c(C(=O)OCc2cc(=O)n3cc(C)ccc3n2)oc2ccccc12. The van der Waals surface area contributed by atoms with Gasteiger partial charge in [-0.15, -0.1) is 0 Å². The third-order valence-electron chi connectivity index (χ3n) is 4.38. The summed E-state index contributed by atoms with van der Waals surface area (Å²) in [6.07, 6.45) is 1.71. The van der Waals surface area contributed by atoms with Crippen LogP contribution < -0.4 is 5.56 Å². The predicted molar refractivity (Wildman–Crippen MR) is 102 cm³/mol. The van der Waals surface area contributed by atoms with Crippen molar-refractivity contribution < 1.29 is 18.7 Å². The molecule has 0 spiro atoms. The predicted octanol–water partition coefficient (Wildman–Crippen LogP) is 3.25. The Morgan fingerprint density at radius 2 is 2.00 bits per heavy atom. The number of nitrogens with zero attached hydrogens (tertiary/aromatic N) is 2. The molecule has 1 aromatic carbocycles. The van der Waals surface area contributed by atoms with Crippen molar-refractivity contribution in [2.45, 2.75) is 20.1 Å². The van der Waals surface area contributed by atoms with Crippen LogP contribution in [0.25, 0.3) is 16.6 Å². The van der Waals surface area contributed by atoms with Gasteiger partial charge in [-0.1, -0.05) is 24.3 Å². The lowest BCUT2D eigenvalue weighted by Gasteiger charge is -2.06. The number of para-hydroxylation sites is 1. The van der Waals surface area contributed by atoms with Gasteiger partial charge in [0.05, 0.1) is 12.3 Å². The Balaban J connectivity index is 1.60. The number of methoxy groups -OCH3 is 1. The van der Waals surface area contributed by atoms with Gasteiger partial charge in [0, 0.05) is 30.3 Å². The number of ether oxygens (including phenoxy) is 2. The number of benzene rings is 1. The third kappa shape index (κ3) is 3.27. The molecule has 0 aliphatic heterocycles. The molecular weight excluding hydrogens is 360 g/mol. The van der Waals surface area contributed by atoms with Crippen molar-refractivity contribution in [2.75, 3.05) is 7.11 Å². The van der Waals surface area contributed by atoms with Crippen LogP contribution in [0.2, 0.25) is 0 Å². The number of furan rings is 1. The van der Waals surface area contributed by atoms with E-state index in [0.29, 0.717) is 22.5 Å². The van der Waals surface area contributed by atoms with Crippen molar-refractivity contribution in [3.8, 4) is 0 Å². The molecule has 0 atom stereocenters. The fourth-order valence-corrected chi connectivity index (χ4v) is 3.09. The first-order valence-corrected chi connectivity index (χ1v) is 8.72. The molecule has 4 rings (SSSR count). The van der Waals surface area contributed by atoms with E-state index >= 15 is 0 Å². The van der Waals surface area contributed by atoms with Gasteiger partial charge in [0.1, 0.15) is 17.8 Å². The Kier molecular flexibility index (Phi) is 4.67. The third-order valence-corrected chi connectivity index (χ3v) is 4.38. The highest BCUT2D eigenvalue weighted by Gasteiger charge is 2.22. The molecule has 0 N–H and O–H groups in total. The zero-order chi connectivity index (χ0) is 19.7. The molecule has 142 valence electrons. The van der Waals surface area contributed by atoms with Crippen LogP contribution >= 0.6 is 0 Å². The first-order chi connectivity index (χ1) is 13.6. The van der Waals surface area contributed by atoms with Crippen LogP contribution in [0.1, 0.15) is 27.4 Å². The highest BCUT2D eigenvalue weighted by atomic mass is 16.5. The molecule has 0 bridgehead atoms. The number of esters is 1. The number of hydrogen-bond acceptors (Lipinski definition) is 6. The topological polar surface area (TPSA) is 83.0 Å². The molecule has 0 fully saturated rings. The summed E-state index contributed by atoms with van der Waals surface area (Å²) in [4.78, 5) is 29.2. The Labute approximate surface area is 160 Å². The second-order valence-electron chi connectivity index (χ2n) is 6.44. The summed E-state index contributed by atoms with van der Waals surface area (Å²) < 4.78 is 17.7. The Bertz CT molecular complexity index is 1240. The summed E-state index contributed by atoms with van der Waals surface area (Å²) in [6.45, 7) is 1.98. The lowest BCUT2D eigenvalue weighted by Crippen LogP contribution is -2.17. The van der Waals surface area contributed by atoms with E-state index in [4.69, 9.17) is 13.9 Å². The number of aromatic nitrogens is 2. The normalized spacial score (nSPS) is 11.2. The highest BCUT2D eigenvalue weighted by Crippen LogP contribution is 2.27. The first kappa shape index (κ1) is 17.9. The van der Waals surface area contributed by atoms with Gasteiger partial charge in [0.2, 0.25) is 5.76 Å². The van der Waals surface area contributed by atoms with E-state index < -0.39 is 5.97 Å². The van der Waals surface area contributed by atoms with Crippen LogP contribution in [0, 0.1) is 6.92 Å². The molecule has 3 aromatic heterocycles. The zero-order valence-corrected chi connectivity index (χ0v) is 15.5. The summed E-state index contributed by atoms with van der Waals surface area (Å²) in [7, 11) is 1.55. The van der Waals surface area contributed by atoms with Crippen LogP contribution in [-0.2, 0) is 22.7 Å². The monoisotopic (exact) mass is 378 g/mol. The molecule has 3 heterocycles. The van der Waals surface area contributed by atoms with E-state index in [1.807, 2.05) is 31.2 Å². The number of fused-ring (bicyclic) bond motifs is 2. The lowest BCUT2D eigenvalue weighted by atomic mass is 10.1. The van der Waals surface area contributed by atoms with Gasteiger partial charge in [-0.3, -0.25) is 9.20 Å². The number of carbonyl (C=O) groups excluding carboxylic acids is 1. The molecule has 28 heavy (non-hydrogen) atoms. The van der Waals surface area contributed by atoms with Crippen molar-refractivity contribution in [3.05, 3.63) is 81.6 Å². The Morgan fingerprint density at radius 1 is 1.18 bits per heavy atom. The van der Waals surface area contributed by atoms with Gasteiger partial charge in [-0.05, 0) is 24.6 Å². The molecule has 0 unspecified atom stereocenters. The Morgan fingerprint density at radius 3 is 2.82 bits per heavy atom. The van der Waals surface area contributed by atoms with E-state index in [1.165, 1.54) is 10.5 Å². The zero-order valence-electron chi connectivity index (χ0n) is 15.5. The van der Waals surface area contributed by atoms with E-state index in [1.54, 1.807) is 25.4 Å². The van der Waals surface area contributed by atoms with Crippen LogP contribution in [0.3, 0.4) is 0 Å². The van der Waals surface area contributed by atoms with Crippen LogP contribution in [0.5, 0.6) is 0 Å². The molecule has 4 aromatic rings. The maximum atomic E-state index is 12.6. The second-order valence-corrected chi connectivity index (χ2v) is 6.44. The quantitative estimate of drug-likeness (QED) is 0.496. The van der Waals surface area contributed by atoms with Crippen LogP contribution in [0.15, 0.2) is 57.9 Å². The smallest absolute Gasteiger partial charge is 0.375 e. The van der Waals surface area contributed by atoms with Crippen LogP contribution in [0.4, 0.5) is 0 Å².